The smallest absolute Gasteiger partial charge is 0.329 e. The number of benzene rings is 1. The van der Waals surface area contributed by atoms with Gasteiger partial charge in [0.1, 0.15) is 0 Å². The van der Waals surface area contributed by atoms with Gasteiger partial charge in [-0.3, -0.25) is 5.43 Å². The van der Waals surface area contributed by atoms with E-state index in [4.69, 9.17) is 0 Å². The Labute approximate surface area is 107 Å². The van der Waals surface area contributed by atoms with Crippen LogP contribution in [-0.4, -0.2) is 21.0 Å². The van der Waals surface area contributed by atoms with Crippen molar-refractivity contribution >= 4 is 16.1 Å². The third-order valence-corrected chi connectivity index (χ3v) is 3.43. The lowest BCUT2D eigenvalue weighted by molar-refractivity contribution is 0.239. The molecule has 0 saturated carbocycles. The normalized spacial score (nSPS) is 10.9. The lowest BCUT2D eigenvalue weighted by atomic mass is 10.3. The monoisotopic (exact) mass is 271 g/mol. The number of rotatable bonds is 6. The van der Waals surface area contributed by atoms with E-state index >= 15 is 0 Å². The summed E-state index contributed by atoms with van der Waals surface area (Å²) in [5, 5.41) is 2.53. The van der Waals surface area contributed by atoms with Gasteiger partial charge in [0.25, 0.3) is 10.0 Å². The molecule has 100 valence electrons. The summed E-state index contributed by atoms with van der Waals surface area (Å²) >= 11 is 0. The van der Waals surface area contributed by atoms with Crippen molar-refractivity contribution < 1.29 is 13.2 Å². The fraction of sp³-hybridized carbons (Fsp3) is 0.364. The second kappa shape index (κ2) is 6.97. The molecule has 0 fully saturated rings. The quantitative estimate of drug-likeness (QED) is 0.532. The standard InChI is InChI=1S/C11H17N3O3S/c1-2-3-9-12-11(15)13-14-18(16,17)10-7-5-4-6-8-10/h4-8,14H,2-3,9H2,1H3,(H2,12,13,15). The number of nitrogens with one attached hydrogen (secondary N) is 3. The van der Waals surface area contributed by atoms with E-state index < -0.39 is 16.1 Å². The Balaban J connectivity index is 2.46. The molecule has 0 spiro atoms. The van der Waals surface area contributed by atoms with Gasteiger partial charge in [0, 0.05) is 6.54 Å². The maximum Gasteiger partial charge on any atom is 0.329 e. The second-order valence-electron chi connectivity index (χ2n) is 3.65. The van der Waals surface area contributed by atoms with Crippen LogP contribution in [0.15, 0.2) is 35.2 Å². The molecule has 0 aromatic heterocycles. The molecule has 0 aliphatic heterocycles. The van der Waals surface area contributed by atoms with E-state index in [-0.39, 0.29) is 4.90 Å². The Kier molecular flexibility index (Phi) is 5.60. The Morgan fingerprint density at radius 1 is 1.22 bits per heavy atom. The molecule has 0 aliphatic carbocycles. The molecule has 18 heavy (non-hydrogen) atoms. The third kappa shape index (κ3) is 4.72. The predicted octanol–water partition coefficient (Wildman–Crippen LogP) is 0.979. The maximum absolute atomic E-state index is 11.7. The van der Waals surface area contributed by atoms with Gasteiger partial charge in [0.15, 0.2) is 0 Å². The molecule has 0 heterocycles. The Morgan fingerprint density at radius 3 is 2.50 bits per heavy atom. The number of hydrogen-bond acceptors (Lipinski definition) is 3. The first-order chi connectivity index (χ1) is 8.56. The van der Waals surface area contributed by atoms with Crippen molar-refractivity contribution in [3.05, 3.63) is 30.3 Å². The van der Waals surface area contributed by atoms with Gasteiger partial charge in [-0.1, -0.05) is 31.5 Å². The van der Waals surface area contributed by atoms with Crippen molar-refractivity contribution in [1.29, 1.82) is 0 Å². The molecule has 3 N–H and O–H groups in total. The zero-order valence-corrected chi connectivity index (χ0v) is 11.0. The minimum Gasteiger partial charge on any atom is -0.337 e. The summed E-state index contributed by atoms with van der Waals surface area (Å²) in [6.45, 7) is 2.51. The highest BCUT2D eigenvalue weighted by atomic mass is 32.2. The van der Waals surface area contributed by atoms with Crippen LogP contribution in [0.3, 0.4) is 0 Å². The van der Waals surface area contributed by atoms with Gasteiger partial charge in [-0.25, -0.2) is 13.2 Å². The largest absolute Gasteiger partial charge is 0.337 e. The van der Waals surface area contributed by atoms with E-state index in [2.05, 4.69) is 10.7 Å². The van der Waals surface area contributed by atoms with E-state index in [0.29, 0.717) is 6.54 Å². The number of sulfonamides is 1. The van der Waals surface area contributed by atoms with E-state index in [1.165, 1.54) is 12.1 Å². The van der Waals surface area contributed by atoms with Gasteiger partial charge in [-0.15, -0.1) is 4.83 Å². The second-order valence-corrected chi connectivity index (χ2v) is 5.34. The Hall–Kier alpha value is -1.60. The van der Waals surface area contributed by atoms with Crippen LogP contribution in [0.1, 0.15) is 19.8 Å². The van der Waals surface area contributed by atoms with Crippen molar-refractivity contribution in [2.45, 2.75) is 24.7 Å². The molecule has 0 atom stereocenters. The maximum atomic E-state index is 11.7. The van der Waals surface area contributed by atoms with Crippen LogP contribution < -0.4 is 15.6 Å². The molecule has 2 amide bonds. The summed E-state index contributed by atoms with van der Waals surface area (Å²) < 4.78 is 23.4. The van der Waals surface area contributed by atoms with Crippen LogP contribution in [0.5, 0.6) is 0 Å². The van der Waals surface area contributed by atoms with Crippen LogP contribution in [0.4, 0.5) is 4.79 Å². The fourth-order valence-electron chi connectivity index (χ4n) is 1.19. The Bertz CT molecular complexity index is 474. The summed E-state index contributed by atoms with van der Waals surface area (Å²) in [5.74, 6) is 0. The molecular formula is C11H17N3O3S. The fourth-order valence-corrected chi connectivity index (χ4v) is 2.06. The van der Waals surface area contributed by atoms with Crippen molar-refractivity contribution in [3.8, 4) is 0 Å². The first kappa shape index (κ1) is 14.5. The van der Waals surface area contributed by atoms with Crippen molar-refractivity contribution in [2.24, 2.45) is 0 Å². The number of unbranched alkanes of at least 4 members (excludes halogenated alkanes) is 1. The number of hydrazine groups is 1. The molecule has 1 rings (SSSR count). The minimum absolute atomic E-state index is 0.0962. The van der Waals surface area contributed by atoms with Gasteiger partial charge >= 0.3 is 6.03 Å². The molecule has 0 bridgehead atoms. The highest BCUT2D eigenvalue weighted by Gasteiger charge is 2.13. The third-order valence-electron chi connectivity index (χ3n) is 2.17. The molecule has 1 aromatic carbocycles. The molecular weight excluding hydrogens is 254 g/mol. The molecule has 6 nitrogen and oxygen atoms in total. The topological polar surface area (TPSA) is 87.3 Å². The van der Waals surface area contributed by atoms with E-state index in [1.807, 2.05) is 11.8 Å². The van der Waals surface area contributed by atoms with E-state index in [0.717, 1.165) is 12.8 Å². The van der Waals surface area contributed by atoms with Crippen LogP contribution >= 0.6 is 0 Å². The van der Waals surface area contributed by atoms with Crippen molar-refractivity contribution in [1.82, 2.24) is 15.6 Å². The predicted molar refractivity (Wildman–Crippen MR) is 68.2 cm³/mol. The summed E-state index contributed by atoms with van der Waals surface area (Å²) in [7, 11) is -3.71. The molecule has 0 radical (unpaired) electrons. The Morgan fingerprint density at radius 2 is 1.89 bits per heavy atom. The number of carbonyl (C=O) groups excluding carboxylic acids is 1. The minimum atomic E-state index is -3.71. The number of amides is 2. The zero-order valence-electron chi connectivity index (χ0n) is 10.1. The average molecular weight is 271 g/mol. The molecule has 0 unspecified atom stereocenters. The average Bonchev–Trinajstić information content (AvgIpc) is 2.38. The van der Waals surface area contributed by atoms with Crippen LogP contribution in [-0.2, 0) is 10.0 Å². The first-order valence-corrected chi connectivity index (χ1v) is 7.15. The molecule has 0 aliphatic rings. The zero-order chi connectivity index (χ0) is 13.4. The van der Waals surface area contributed by atoms with Crippen LogP contribution in [0.25, 0.3) is 0 Å². The number of urea groups is 1. The number of hydrogen-bond donors (Lipinski definition) is 3. The lowest BCUT2D eigenvalue weighted by Gasteiger charge is -2.09. The van der Waals surface area contributed by atoms with Gasteiger partial charge in [0.2, 0.25) is 0 Å². The molecule has 1 aromatic rings. The van der Waals surface area contributed by atoms with Gasteiger partial charge in [-0.05, 0) is 18.6 Å². The molecule has 0 saturated heterocycles. The molecule has 7 heteroatoms. The summed E-state index contributed by atoms with van der Waals surface area (Å²) in [6, 6.07) is 7.25. The summed E-state index contributed by atoms with van der Waals surface area (Å²) in [4.78, 5) is 13.4. The first-order valence-electron chi connectivity index (χ1n) is 5.67. The van der Waals surface area contributed by atoms with Crippen LogP contribution in [0, 0.1) is 0 Å². The lowest BCUT2D eigenvalue weighted by Crippen LogP contribution is -2.46. The highest BCUT2D eigenvalue weighted by Crippen LogP contribution is 2.05. The SMILES string of the molecule is CCCCNC(=O)NNS(=O)(=O)c1ccccc1. The van der Waals surface area contributed by atoms with E-state index in [9.17, 15) is 13.2 Å². The highest BCUT2D eigenvalue weighted by molar-refractivity contribution is 7.89. The van der Waals surface area contributed by atoms with Crippen LogP contribution in [0.2, 0.25) is 0 Å². The summed E-state index contributed by atoms with van der Waals surface area (Å²) in [5.41, 5.74) is 2.09. The summed E-state index contributed by atoms with van der Waals surface area (Å²) in [6.07, 6.45) is 1.80. The van der Waals surface area contributed by atoms with Crippen molar-refractivity contribution in [3.63, 3.8) is 0 Å². The van der Waals surface area contributed by atoms with E-state index in [1.54, 1.807) is 18.2 Å². The number of carbonyl (C=O) groups is 1. The van der Waals surface area contributed by atoms with Gasteiger partial charge in [-0.2, -0.15) is 0 Å². The van der Waals surface area contributed by atoms with Gasteiger partial charge in [0.05, 0.1) is 4.90 Å². The van der Waals surface area contributed by atoms with Gasteiger partial charge < -0.3 is 5.32 Å². The van der Waals surface area contributed by atoms with Crippen molar-refractivity contribution in [2.75, 3.05) is 6.54 Å².